The molecule has 0 saturated heterocycles. The minimum atomic E-state index is 0.393. The molecule has 0 aliphatic rings. The number of rotatable bonds is 4. The van der Waals surface area contributed by atoms with Gasteiger partial charge in [-0.15, -0.1) is 0 Å². The fourth-order valence-corrected chi connectivity index (χ4v) is 1.40. The van der Waals surface area contributed by atoms with Crippen molar-refractivity contribution >= 4 is 6.01 Å². The van der Waals surface area contributed by atoms with Gasteiger partial charge in [-0.3, -0.25) is 4.98 Å². The number of oxazole rings is 1. The Hall–Kier alpha value is -1.88. The lowest BCUT2D eigenvalue weighted by Gasteiger charge is -2.13. The molecule has 2 aromatic heterocycles. The van der Waals surface area contributed by atoms with Gasteiger partial charge in [0, 0.05) is 32.5 Å². The molecule has 0 unspecified atom stereocenters. The van der Waals surface area contributed by atoms with Crippen LogP contribution in [0.4, 0.5) is 6.01 Å². The summed E-state index contributed by atoms with van der Waals surface area (Å²) >= 11 is 0. The normalized spacial score (nSPS) is 10.4. The van der Waals surface area contributed by atoms with Crippen molar-refractivity contribution in [1.29, 1.82) is 0 Å². The Morgan fingerprint density at radius 2 is 2.38 bits per heavy atom. The van der Waals surface area contributed by atoms with Crippen LogP contribution < -0.4 is 10.6 Å². The van der Waals surface area contributed by atoms with Crippen molar-refractivity contribution in [3.8, 4) is 0 Å². The van der Waals surface area contributed by atoms with Crippen molar-refractivity contribution in [3.05, 3.63) is 42.0 Å². The molecule has 0 amide bonds. The minimum Gasteiger partial charge on any atom is -0.432 e. The van der Waals surface area contributed by atoms with Crippen LogP contribution in [-0.4, -0.2) is 17.0 Å². The summed E-state index contributed by atoms with van der Waals surface area (Å²) in [4.78, 5) is 10.2. The van der Waals surface area contributed by atoms with Crippen molar-refractivity contribution in [2.75, 3.05) is 11.9 Å². The van der Waals surface area contributed by atoms with Gasteiger partial charge in [0.05, 0.1) is 5.69 Å². The van der Waals surface area contributed by atoms with E-state index in [1.54, 1.807) is 12.5 Å². The van der Waals surface area contributed by atoms with Crippen molar-refractivity contribution in [1.82, 2.24) is 9.97 Å². The van der Waals surface area contributed by atoms with E-state index >= 15 is 0 Å². The second-order valence-corrected chi connectivity index (χ2v) is 3.54. The summed E-state index contributed by atoms with van der Waals surface area (Å²) in [6, 6.07) is 4.49. The van der Waals surface area contributed by atoms with E-state index in [1.165, 1.54) is 0 Å². The Kier molecular flexibility index (Phi) is 3.16. The van der Waals surface area contributed by atoms with E-state index in [1.807, 2.05) is 30.3 Å². The van der Waals surface area contributed by atoms with Gasteiger partial charge in [-0.05, 0) is 11.6 Å². The molecular formula is C11H14N4O. The number of hydrogen-bond donors (Lipinski definition) is 1. The smallest absolute Gasteiger partial charge is 0.297 e. The first-order valence-electron chi connectivity index (χ1n) is 5.04. The second-order valence-electron chi connectivity index (χ2n) is 3.54. The maximum absolute atomic E-state index is 5.46. The highest BCUT2D eigenvalue weighted by Gasteiger charge is 2.08. The van der Waals surface area contributed by atoms with Crippen LogP contribution in [0.5, 0.6) is 0 Å². The first-order chi connectivity index (χ1) is 7.79. The van der Waals surface area contributed by atoms with Crippen LogP contribution in [0.25, 0.3) is 0 Å². The third-order valence-corrected chi connectivity index (χ3v) is 2.22. The lowest BCUT2D eigenvalue weighted by molar-refractivity contribution is 0.543. The fourth-order valence-electron chi connectivity index (χ4n) is 1.40. The molecule has 0 bridgehead atoms. The maximum Gasteiger partial charge on any atom is 0.297 e. The Bertz CT molecular complexity index is 440. The first-order valence-corrected chi connectivity index (χ1v) is 5.04. The molecule has 0 aliphatic carbocycles. The van der Waals surface area contributed by atoms with Gasteiger partial charge >= 0.3 is 0 Å². The number of hydrogen-bond acceptors (Lipinski definition) is 5. The summed E-state index contributed by atoms with van der Waals surface area (Å²) in [6.07, 6.45) is 5.15. The highest BCUT2D eigenvalue weighted by Crippen LogP contribution is 2.14. The quantitative estimate of drug-likeness (QED) is 0.834. The molecular weight excluding hydrogens is 204 g/mol. The summed E-state index contributed by atoms with van der Waals surface area (Å²) in [5, 5.41) is 0. The summed E-state index contributed by atoms with van der Waals surface area (Å²) in [6.45, 7) is 1.10. The van der Waals surface area contributed by atoms with Crippen molar-refractivity contribution in [3.63, 3.8) is 0 Å². The van der Waals surface area contributed by atoms with Crippen LogP contribution in [0.3, 0.4) is 0 Å². The highest BCUT2D eigenvalue weighted by molar-refractivity contribution is 5.27. The molecule has 0 aromatic carbocycles. The molecule has 5 nitrogen and oxygen atoms in total. The highest BCUT2D eigenvalue weighted by atomic mass is 16.4. The molecule has 0 saturated carbocycles. The molecule has 0 aliphatic heterocycles. The van der Waals surface area contributed by atoms with Gasteiger partial charge in [0.1, 0.15) is 6.26 Å². The van der Waals surface area contributed by atoms with Crippen molar-refractivity contribution in [2.45, 2.75) is 13.1 Å². The molecule has 0 spiro atoms. The number of anilines is 1. The molecule has 2 N–H and O–H groups in total. The van der Waals surface area contributed by atoms with Crippen LogP contribution in [-0.2, 0) is 13.1 Å². The predicted molar refractivity (Wildman–Crippen MR) is 60.7 cm³/mol. The zero-order valence-electron chi connectivity index (χ0n) is 9.13. The van der Waals surface area contributed by atoms with Crippen LogP contribution in [0.1, 0.15) is 11.3 Å². The third-order valence-electron chi connectivity index (χ3n) is 2.22. The summed E-state index contributed by atoms with van der Waals surface area (Å²) < 4.78 is 5.30. The van der Waals surface area contributed by atoms with Gasteiger partial charge in [-0.1, -0.05) is 6.07 Å². The Labute approximate surface area is 93.9 Å². The Balaban J connectivity index is 2.05. The fraction of sp³-hybridized carbons (Fsp3) is 0.273. The van der Waals surface area contributed by atoms with Crippen molar-refractivity contribution < 1.29 is 4.42 Å². The van der Waals surface area contributed by atoms with Crippen LogP contribution in [0.15, 0.2) is 35.2 Å². The molecule has 2 heterocycles. The van der Waals surface area contributed by atoms with Gasteiger partial charge in [0.15, 0.2) is 0 Å². The minimum absolute atomic E-state index is 0.393. The number of pyridine rings is 1. The lowest BCUT2D eigenvalue weighted by atomic mass is 10.3. The zero-order valence-corrected chi connectivity index (χ0v) is 9.13. The number of aromatic nitrogens is 2. The molecule has 2 aromatic rings. The van der Waals surface area contributed by atoms with Gasteiger partial charge < -0.3 is 15.1 Å². The van der Waals surface area contributed by atoms with Crippen LogP contribution in [0.2, 0.25) is 0 Å². The molecule has 2 rings (SSSR count). The monoisotopic (exact) mass is 218 g/mol. The summed E-state index contributed by atoms with van der Waals surface area (Å²) in [5.74, 6) is 0. The molecule has 84 valence electrons. The van der Waals surface area contributed by atoms with E-state index in [4.69, 9.17) is 10.2 Å². The second kappa shape index (κ2) is 4.76. The third kappa shape index (κ3) is 2.38. The molecule has 0 atom stereocenters. The van der Waals surface area contributed by atoms with Gasteiger partial charge in [-0.2, -0.15) is 4.98 Å². The van der Waals surface area contributed by atoms with E-state index in [0.29, 0.717) is 19.1 Å². The van der Waals surface area contributed by atoms with Crippen LogP contribution in [0, 0.1) is 0 Å². The van der Waals surface area contributed by atoms with Gasteiger partial charge in [0.25, 0.3) is 6.01 Å². The largest absolute Gasteiger partial charge is 0.432 e. The standard InChI is InChI=1S/C11H14N4O/c1-15(7-9-3-2-4-13-6-9)11-14-10(5-12)8-16-11/h2-4,6,8H,5,7,12H2,1H3. The average Bonchev–Trinajstić information content (AvgIpc) is 2.79. The molecule has 5 heteroatoms. The Morgan fingerprint density at radius 3 is 3.00 bits per heavy atom. The van der Waals surface area contributed by atoms with E-state index in [-0.39, 0.29) is 0 Å². The number of nitrogens with two attached hydrogens (primary N) is 1. The molecule has 16 heavy (non-hydrogen) atoms. The zero-order chi connectivity index (χ0) is 11.4. The predicted octanol–water partition coefficient (Wildman–Crippen LogP) is 1.16. The van der Waals surface area contributed by atoms with Gasteiger partial charge in [0.2, 0.25) is 0 Å². The number of nitrogens with zero attached hydrogens (tertiary/aromatic N) is 3. The van der Waals surface area contributed by atoms with E-state index in [0.717, 1.165) is 11.3 Å². The van der Waals surface area contributed by atoms with Gasteiger partial charge in [-0.25, -0.2) is 0 Å². The van der Waals surface area contributed by atoms with E-state index in [2.05, 4.69) is 9.97 Å². The summed E-state index contributed by atoms with van der Waals surface area (Å²) in [7, 11) is 1.92. The molecule has 0 radical (unpaired) electrons. The topological polar surface area (TPSA) is 68.2 Å². The first kappa shape index (κ1) is 10.6. The van der Waals surface area contributed by atoms with E-state index in [9.17, 15) is 0 Å². The Morgan fingerprint density at radius 1 is 1.50 bits per heavy atom. The van der Waals surface area contributed by atoms with Crippen LogP contribution >= 0.6 is 0 Å². The average molecular weight is 218 g/mol. The SMILES string of the molecule is CN(Cc1cccnc1)c1nc(CN)co1. The maximum atomic E-state index is 5.46. The lowest BCUT2D eigenvalue weighted by Crippen LogP contribution is -2.16. The summed E-state index contributed by atoms with van der Waals surface area (Å²) in [5.41, 5.74) is 7.33. The molecule has 0 fully saturated rings. The van der Waals surface area contributed by atoms with E-state index < -0.39 is 0 Å². The van der Waals surface area contributed by atoms with Crippen molar-refractivity contribution in [2.24, 2.45) is 5.73 Å².